The first-order valence-corrected chi connectivity index (χ1v) is 41.7. The van der Waals surface area contributed by atoms with E-state index in [0.717, 1.165) is 90.0 Å². The molecule has 5 atom stereocenters. The fourth-order valence-electron chi connectivity index (χ4n) is 14.6. The lowest BCUT2D eigenvalue weighted by molar-refractivity contribution is -0.144. The predicted octanol–water partition coefficient (Wildman–Crippen LogP) is 12.5. The van der Waals surface area contributed by atoms with Crippen LogP contribution in [0.15, 0.2) is 147 Å². The standard InChI is InChI=1S/C78H96ClF3N10O10S4/c1-52(54-17-19-56(20-18-54)71-53(2)83-51-104-71)84-74(97)67-45-62(93)49-92(67)75(98)72(76(3,4)5)86-69(94)15-11-6-7-12-16-70(95)91-43-37-88(38-44-91)36-32-60(50-103-63-13-9-8-10-14-63)85-66-30-29-64(46-68(66)105(99,100)78(80,81)82)106(101,102)87-73(96)57-23-27-61(28-24-57)90-41-39-89(40-42-90)48-58-47-77(34-35-77)33-31-65(58)55-21-25-59(79)26-22-55/h8-10,13-14,17-30,46,51-52,60,62,67,72,85,93H,6-7,11-12,15-16,31-45,47-50H2,1-5H3,(H,84,97)(H,86,94)(H,87,96)/t52-,60+,62+,67-,72+/m0/s1. The van der Waals surface area contributed by atoms with E-state index >= 15 is 0 Å². The number of sulfonamides is 1. The number of alkyl halides is 3. The number of hydrogen-bond acceptors (Lipinski definition) is 17. The van der Waals surface area contributed by atoms with Crippen LogP contribution in [0.25, 0.3) is 16.0 Å². The number of nitrogens with zero attached hydrogens (tertiary/aromatic N) is 6. The van der Waals surface area contributed by atoms with Gasteiger partial charge in [-0.1, -0.05) is 105 Å². The Bertz CT molecular complexity index is 4350. The SMILES string of the molecule is Cc1ncsc1-c1ccc([C@H](C)NC(=O)[C@@H]2C[C@@H](O)CN2C(=O)[C@@H](NC(=O)CCCCCCC(=O)N2CCN(CC[C@H](CSc3ccccc3)Nc3ccc(S(=O)(=O)NC(=O)c4ccc(N5CCN(CC6=C(c7ccc(Cl)cc7)CCC7(CC7)C6)CC5)cc4)cc3S(=O)(=O)C(F)(F)F)CC2)C(C)(C)C)cc1. The van der Waals surface area contributed by atoms with E-state index in [9.17, 15) is 59.1 Å². The number of piperazine rings is 2. The fraction of sp³-hybridized carbons (Fsp3) is 0.487. The number of carbonyl (C=O) groups is 5. The van der Waals surface area contributed by atoms with Crippen molar-refractivity contribution in [3.8, 4) is 10.4 Å². The summed E-state index contributed by atoms with van der Waals surface area (Å²) in [5.41, 5.74) is 2.97. The highest BCUT2D eigenvalue weighted by molar-refractivity contribution is 7.99. The molecule has 4 heterocycles. The number of β-amino-alcohol motifs (C(OH)–C–C–N with tert-alkyl or cyclic N) is 1. The van der Waals surface area contributed by atoms with Crippen molar-refractivity contribution in [2.45, 2.75) is 169 Å². The molecule has 1 saturated carbocycles. The average Bonchev–Trinajstić information content (AvgIpc) is 0.962. The second-order valence-corrected chi connectivity index (χ2v) is 35.9. The van der Waals surface area contributed by atoms with Crippen molar-refractivity contribution in [2.75, 3.05) is 88.0 Å². The third-order valence-electron chi connectivity index (χ3n) is 21.1. The number of aryl methyl sites for hydroxylation is 1. The molecule has 11 rings (SSSR count). The van der Waals surface area contributed by atoms with Gasteiger partial charge in [0.05, 0.1) is 38.8 Å². The predicted molar refractivity (Wildman–Crippen MR) is 410 cm³/mol. The molecule has 5 N–H and O–H groups in total. The highest BCUT2D eigenvalue weighted by Crippen LogP contribution is 2.59. The normalized spacial score (nSPS) is 19.0. The van der Waals surface area contributed by atoms with E-state index in [1.165, 1.54) is 64.8 Å². The van der Waals surface area contributed by atoms with Gasteiger partial charge in [0, 0.05) is 124 Å². The summed E-state index contributed by atoms with van der Waals surface area (Å²) in [6.45, 7) is 15.5. The molecule has 1 aromatic heterocycles. The van der Waals surface area contributed by atoms with Crippen molar-refractivity contribution in [1.82, 2.24) is 39.9 Å². The largest absolute Gasteiger partial charge is 0.501 e. The van der Waals surface area contributed by atoms with Gasteiger partial charge < -0.3 is 35.8 Å². The number of sulfone groups is 1. The van der Waals surface area contributed by atoms with E-state index in [-0.39, 0.29) is 48.6 Å². The molecule has 3 aliphatic heterocycles. The number of aliphatic hydroxyl groups excluding tert-OH is 1. The quantitative estimate of drug-likeness (QED) is 0.0216. The highest BCUT2D eigenvalue weighted by Gasteiger charge is 2.50. The van der Waals surface area contributed by atoms with Gasteiger partial charge in [0.2, 0.25) is 23.6 Å². The number of benzene rings is 5. The van der Waals surface area contributed by atoms with Crippen LogP contribution in [0.5, 0.6) is 0 Å². The summed E-state index contributed by atoms with van der Waals surface area (Å²) >= 11 is 9.19. The Morgan fingerprint density at radius 2 is 1.43 bits per heavy atom. The summed E-state index contributed by atoms with van der Waals surface area (Å²) in [5.74, 6) is -1.99. The number of allylic oxidation sites excluding steroid dienone is 1. The maximum atomic E-state index is 14.6. The van der Waals surface area contributed by atoms with Crippen LogP contribution in [0.3, 0.4) is 0 Å². The first-order chi connectivity index (χ1) is 50.4. The van der Waals surface area contributed by atoms with E-state index in [2.05, 4.69) is 47.8 Å². The van der Waals surface area contributed by atoms with Gasteiger partial charge in [-0.2, -0.15) is 13.2 Å². The lowest BCUT2D eigenvalue weighted by atomic mass is 9.79. The second kappa shape index (κ2) is 34.5. The molecule has 20 nitrogen and oxygen atoms in total. The Labute approximate surface area is 633 Å². The van der Waals surface area contributed by atoms with Crippen molar-refractivity contribution in [3.63, 3.8) is 0 Å². The van der Waals surface area contributed by atoms with Crippen LogP contribution in [-0.2, 0) is 39.0 Å². The van der Waals surface area contributed by atoms with Crippen molar-refractivity contribution in [1.29, 1.82) is 0 Å². The zero-order valence-corrected chi connectivity index (χ0v) is 64.7. The van der Waals surface area contributed by atoms with Crippen LogP contribution in [0.2, 0.25) is 5.02 Å². The molecule has 3 saturated heterocycles. The molecule has 0 unspecified atom stereocenters. The molecule has 5 aromatic carbocycles. The fourth-order valence-corrected chi connectivity index (χ4v) is 18.6. The van der Waals surface area contributed by atoms with Crippen molar-refractivity contribution >= 4 is 101 Å². The minimum atomic E-state index is -6.18. The molecule has 5 aliphatic rings. The van der Waals surface area contributed by atoms with Gasteiger partial charge in [0.25, 0.3) is 25.8 Å². The summed E-state index contributed by atoms with van der Waals surface area (Å²) < 4.78 is 100. The number of hydrogen-bond donors (Lipinski definition) is 5. The number of thiazole rings is 1. The number of thioether (sulfide) groups is 1. The molecule has 0 bridgehead atoms. The molecular formula is C78H96ClF3N10O10S4. The topological polar surface area (TPSA) is 251 Å². The molecule has 2 aliphatic carbocycles. The second-order valence-electron chi connectivity index (χ2n) is 29.9. The third-order valence-corrected chi connectivity index (χ3v) is 26.4. The van der Waals surface area contributed by atoms with E-state index in [1.807, 2.05) is 106 Å². The number of likely N-dealkylation sites (tertiary alicyclic amines) is 1. The lowest BCUT2D eigenvalue weighted by Crippen LogP contribution is -2.57. The van der Waals surface area contributed by atoms with Gasteiger partial charge >= 0.3 is 5.51 Å². The van der Waals surface area contributed by atoms with Gasteiger partial charge in [0.15, 0.2) is 0 Å². The van der Waals surface area contributed by atoms with Crippen molar-refractivity contribution in [3.05, 3.63) is 160 Å². The summed E-state index contributed by atoms with van der Waals surface area (Å²) in [7, 11) is -11.1. The van der Waals surface area contributed by atoms with Gasteiger partial charge in [-0.05, 0) is 165 Å². The van der Waals surface area contributed by atoms with Gasteiger partial charge in [-0.15, -0.1) is 23.1 Å². The smallest absolute Gasteiger partial charge is 0.391 e. The Morgan fingerprint density at radius 3 is 2.08 bits per heavy atom. The van der Waals surface area contributed by atoms with E-state index in [4.69, 9.17) is 11.6 Å². The number of halogens is 4. The number of anilines is 2. The minimum Gasteiger partial charge on any atom is -0.391 e. The molecular weight excluding hydrogens is 1460 g/mol. The summed E-state index contributed by atoms with van der Waals surface area (Å²) in [6, 6.07) is 31.0. The van der Waals surface area contributed by atoms with Crippen LogP contribution in [0.4, 0.5) is 24.5 Å². The monoisotopic (exact) mass is 1550 g/mol. The number of unbranched alkanes of at least 4 members (excludes halogenated alkanes) is 3. The van der Waals surface area contributed by atoms with Gasteiger partial charge in [-0.25, -0.2) is 26.5 Å². The first kappa shape index (κ1) is 79.7. The van der Waals surface area contributed by atoms with Crippen LogP contribution in [-0.4, -0.2) is 184 Å². The van der Waals surface area contributed by atoms with E-state index < -0.39 is 88.2 Å². The molecule has 28 heteroatoms. The number of rotatable bonds is 29. The van der Waals surface area contributed by atoms with Crippen LogP contribution < -0.4 is 25.6 Å². The zero-order valence-electron chi connectivity index (χ0n) is 60.6. The molecule has 4 fully saturated rings. The molecule has 5 amide bonds. The van der Waals surface area contributed by atoms with Gasteiger partial charge in [-0.3, -0.25) is 33.8 Å². The minimum absolute atomic E-state index is 0.0233. The maximum absolute atomic E-state index is 14.6. The van der Waals surface area contributed by atoms with Crippen LogP contribution >= 0.6 is 34.7 Å². The molecule has 0 radical (unpaired) electrons. The summed E-state index contributed by atoms with van der Waals surface area (Å²) in [5, 5.41) is 20.4. The zero-order chi connectivity index (χ0) is 75.7. The average molecular weight is 1550 g/mol. The Hall–Kier alpha value is -7.37. The summed E-state index contributed by atoms with van der Waals surface area (Å²) in [6.07, 6.45) is 8.22. The Kier molecular flexibility index (Phi) is 25.9. The molecule has 106 heavy (non-hydrogen) atoms. The van der Waals surface area contributed by atoms with Crippen molar-refractivity contribution in [2.24, 2.45) is 10.8 Å². The van der Waals surface area contributed by atoms with E-state index in [0.29, 0.717) is 87.8 Å². The van der Waals surface area contributed by atoms with Crippen LogP contribution in [0.1, 0.15) is 144 Å². The van der Waals surface area contributed by atoms with E-state index in [1.54, 1.807) is 33.9 Å². The first-order valence-electron chi connectivity index (χ1n) is 36.5. The molecule has 570 valence electrons. The Morgan fingerprint density at radius 1 is 0.774 bits per heavy atom. The molecule has 6 aromatic rings. The number of aromatic nitrogens is 1. The molecule has 1 spiro atoms. The number of aliphatic hydroxyl groups is 1. The lowest BCUT2D eigenvalue weighted by Gasteiger charge is -2.38. The highest BCUT2D eigenvalue weighted by atomic mass is 35.5. The number of nitrogens with one attached hydrogen (secondary N) is 4. The summed E-state index contributed by atoms with van der Waals surface area (Å²) in [4.78, 5) is 82.6. The maximum Gasteiger partial charge on any atom is 0.501 e. The van der Waals surface area contributed by atoms with Gasteiger partial charge in [0.1, 0.15) is 17.0 Å². The number of amides is 5. The number of carbonyl (C=O) groups excluding carboxylic acids is 5. The third kappa shape index (κ3) is 20.3. The Balaban J connectivity index is 0.632. The van der Waals surface area contributed by atoms with Crippen LogP contribution in [0, 0.1) is 17.8 Å². The van der Waals surface area contributed by atoms with Crippen molar-refractivity contribution < 1.29 is 59.1 Å².